The smallest absolute Gasteiger partial charge is 0.224 e. The van der Waals surface area contributed by atoms with Gasteiger partial charge < -0.3 is 10.4 Å². The molecule has 0 aliphatic heterocycles. The molecule has 0 aromatic heterocycles. The predicted molar refractivity (Wildman–Crippen MR) is 78.0 cm³/mol. The molecule has 0 bridgehead atoms. The van der Waals surface area contributed by atoms with Crippen LogP contribution >= 0.6 is 11.8 Å². The van der Waals surface area contributed by atoms with Gasteiger partial charge in [-0.05, 0) is 24.3 Å². The third kappa shape index (κ3) is 5.77. The molecule has 5 heteroatoms. The number of para-hydroxylation sites is 1. The van der Waals surface area contributed by atoms with E-state index in [1.165, 1.54) is 0 Å². The Bertz CT molecular complexity index is 457. The molecule has 0 heterocycles. The average Bonchev–Trinajstić information content (AvgIpc) is 2.43. The molecule has 1 atom stereocenters. The highest BCUT2D eigenvalue weighted by atomic mass is 32.2. The number of aliphatic hydroxyl groups is 1. The lowest BCUT2D eigenvalue weighted by Crippen LogP contribution is -2.13. The minimum atomic E-state index is -0.0834. The molecule has 1 rings (SSSR count). The van der Waals surface area contributed by atoms with Gasteiger partial charge in [0.2, 0.25) is 5.91 Å². The van der Waals surface area contributed by atoms with Gasteiger partial charge in [0, 0.05) is 11.7 Å². The third-order valence-corrected chi connectivity index (χ3v) is 3.77. The van der Waals surface area contributed by atoms with Crippen molar-refractivity contribution in [1.82, 2.24) is 0 Å². The summed E-state index contributed by atoms with van der Waals surface area (Å²) in [5.41, 5.74) is 1.03. The molecule has 0 aliphatic carbocycles. The number of hydrogen-bond donors (Lipinski definition) is 2. The summed E-state index contributed by atoms with van der Waals surface area (Å²) in [6.07, 6.45) is 1.18. The van der Waals surface area contributed by atoms with Crippen LogP contribution in [0, 0.1) is 11.3 Å². The summed E-state index contributed by atoms with van der Waals surface area (Å²) in [6.45, 7) is 2.11. The molecule has 0 fully saturated rings. The summed E-state index contributed by atoms with van der Waals surface area (Å²) < 4.78 is 0. The van der Waals surface area contributed by atoms with Crippen molar-refractivity contribution in [3.8, 4) is 6.07 Å². The van der Waals surface area contributed by atoms with E-state index in [1.54, 1.807) is 36.0 Å². The molecule has 0 radical (unpaired) electrons. The van der Waals surface area contributed by atoms with Gasteiger partial charge in [-0.15, -0.1) is 0 Å². The molecular formula is C14H18N2O2S. The normalized spacial score (nSPS) is 11.6. The van der Waals surface area contributed by atoms with Crippen molar-refractivity contribution >= 4 is 23.4 Å². The lowest BCUT2D eigenvalue weighted by molar-refractivity contribution is -0.116. The van der Waals surface area contributed by atoms with Crippen LogP contribution in [0.3, 0.4) is 0 Å². The van der Waals surface area contributed by atoms with E-state index in [1.807, 2.05) is 13.0 Å². The maximum absolute atomic E-state index is 11.7. The fraction of sp³-hybridized carbons (Fsp3) is 0.429. The number of carbonyl (C=O) groups excluding carboxylic acids is 1. The van der Waals surface area contributed by atoms with E-state index in [0.717, 1.165) is 12.2 Å². The second-order valence-corrected chi connectivity index (χ2v) is 5.72. The Morgan fingerprint density at radius 3 is 2.95 bits per heavy atom. The van der Waals surface area contributed by atoms with Crippen molar-refractivity contribution in [2.24, 2.45) is 0 Å². The molecular weight excluding hydrogens is 260 g/mol. The van der Waals surface area contributed by atoms with E-state index >= 15 is 0 Å². The fourth-order valence-electron chi connectivity index (χ4n) is 1.47. The standard InChI is InChI=1S/C14H18N2O2S/c1-11(10-17)19-8-4-7-14(18)16-13-6-3-2-5-12(13)9-15/h2-3,5-6,11,17H,4,7-8,10H2,1H3,(H,16,18). The first kappa shape index (κ1) is 15.5. The fourth-order valence-corrected chi connectivity index (χ4v) is 2.29. The molecule has 102 valence electrons. The van der Waals surface area contributed by atoms with Crippen molar-refractivity contribution in [2.75, 3.05) is 17.7 Å². The second kappa shape index (κ2) is 8.57. The highest BCUT2D eigenvalue weighted by molar-refractivity contribution is 7.99. The van der Waals surface area contributed by atoms with Crippen LogP contribution in [-0.4, -0.2) is 28.6 Å². The number of carbonyl (C=O) groups is 1. The molecule has 1 unspecified atom stereocenters. The van der Waals surface area contributed by atoms with Crippen LogP contribution < -0.4 is 5.32 Å². The Morgan fingerprint density at radius 2 is 2.26 bits per heavy atom. The molecule has 0 saturated heterocycles. The van der Waals surface area contributed by atoms with Crippen LogP contribution in [0.15, 0.2) is 24.3 Å². The van der Waals surface area contributed by atoms with Crippen molar-refractivity contribution in [2.45, 2.75) is 25.0 Å². The zero-order valence-electron chi connectivity index (χ0n) is 10.9. The van der Waals surface area contributed by atoms with Crippen molar-refractivity contribution in [1.29, 1.82) is 5.26 Å². The number of nitriles is 1. The van der Waals surface area contributed by atoms with Crippen LogP contribution in [-0.2, 0) is 4.79 Å². The van der Waals surface area contributed by atoms with Gasteiger partial charge in [0.25, 0.3) is 0 Å². The number of thioether (sulfide) groups is 1. The molecule has 0 spiro atoms. The molecule has 1 aromatic carbocycles. The Balaban J connectivity index is 2.34. The molecule has 1 amide bonds. The zero-order valence-corrected chi connectivity index (χ0v) is 11.7. The first-order valence-electron chi connectivity index (χ1n) is 6.18. The molecule has 0 aliphatic rings. The van der Waals surface area contributed by atoms with Gasteiger partial charge in [0.05, 0.1) is 17.9 Å². The third-order valence-electron chi connectivity index (χ3n) is 2.53. The Morgan fingerprint density at radius 1 is 1.53 bits per heavy atom. The summed E-state index contributed by atoms with van der Waals surface area (Å²) in [4.78, 5) is 11.7. The zero-order chi connectivity index (χ0) is 14.1. The molecule has 19 heavy (non-hydrogen) atoms. The largest absolute Gasteiger partial charge is 0.395 e. The van der Waals surface area contributed by atoms with Crippen molar-refractivity contribution < 1.29 is 9.90 Å². The van der Waals surface area contributed by atoms with E-state index in [9.17, 15) is 4.79 Å². The maximum atomic E-state index is 11.7. The highest BCUT2D eigenvalue weighted by Crippen LogP contribution is 2.15. The number of nitrogens with zero attached hydrogens (tertiary/aromatic N) is 1. The summed E-state index contributed by atoms with van der Waals surface area (Å²) >= 11 is 1.65. The van der Waals surface area contributed by atoms with Gasteiger partial charge in [-0.25, -0.2) is 0 Å². The SMILES string of the molecule is CC(CO)SCCCC(=O)Nc1ccccc1C#N. The van der Waals surface area contributed by atoms with Crippen molar-refractivity contribution in [3.63, 3.8) is 0 Å². The van der Waals surface area contributed by atoms with Gasteiger partial charge in [-0.3, -0.25) is 4.79 Å². The topological polar surface area (TPSA) is 73.1 Å². The van der Waals surface area contributed by atoms with Crippen LogP contribution in [0.25, 0.3) is 0 Å². The van der Waals surface area contributed by atoms with E-state index < -0.39 is 0 Å². The summed E-state index contributed by atoms with van der Waals surface area (Å²) in [5.74, 6) is 0.759. The minimum absolute atomic E-state index is 0.0834. The Labute approximate surface area is 117 Å². The predicted octanol–water partition coefficient (Wildman–Crippen LogP) is 2.39. The number of anilines is 1. The van der Waals surface area contributed by atoms with Gasteiger partial charge in [-0.2, -0.15) is 17.0 Å². The lowest BCUT2D eigenvalue weighted by Gasteiger charge is -2.08. The molecule has 0 saturated carbocycles. The Kier molecular flexibility index (Phi) is 7.01. The summed E-state index contributed by atoms with van der Waals surface area (Å²) in [6, 6.07) is 8.99. The highest BCUT2D eigenvalue weighted by Gasteiger charge is 2.06. The van der Waals surface area contributed by atoms with Gasteiger partial charge >= 0.3 is 0 Å². The molecule has 4 nitrogen and oxygen atoms in total. The Hall–Kier alpha value is -1.51. The number of aliphatic hydroxyl groups excluding tert-OH is 1. The second-order valence-electron chi connectivity index (χ2n) is 4.17. The van der Waals surface area contributed by atoms with Crippen LogP contribution in [0.2, 0.25) is 0 Å². The lowest BCUT2D eigenvalue weighted by atomic mass is 10.2. The molecule has 1 aromatic rings. The van der Waals surface area contributed by atoms with E-state index in [-0.39, 0.29) is 17.8 Å². The number of hydrogen-bond acceptors (Lipinski definition) is 4. The quantitative estimate of drug-likeness (QED) is 0.751. The first-order chi connectivity index (χ1) is 9.17. The van der Waals surface area contributed by atoms with Gasteiger partial charge in [-0.1, -0.05) is 19.1 Å². The van der Waals surface area contributed by atoms with Crippen LogP contribution in [0.1, 0.15) is 25.3 Å². The monoisotopic (exact) mass is 278 g/mol. The van der Waals surface area contributed by atoms with E-state index in [0.29, 0.717) is 17.7 Å². The number of rotatable bonds is 7. The average molecular weight is 278 g/mol. The minimum Gasteiger partial charge on any atom is -0.395 e. The van der Waals surface area contributed by atoms with Gasteiger partial charge in [0.1, 0.15) is 6.07 Å². The van der Waals surface area contributed by atoms with Gasteiger partial charge in [0.15, 0.2) is 0 Å². The number of amides is 1. The van der Waals surface area contributed by atoms with Crippen molar-refractivity contribution in [3.05, 3.63) is 29.8 Å². The van der Waals surface area contributed by atoms with Crippen LogP contribution in [0.4, 0.5) is 5.69 Å². The first-order valence-corrected chi connectivity index (χ1v) is 7.23. The summed E-state index contributed by atoms with van der Waals surface area (Å²) in [5, 5.41) is 20.7. The maximum Gasteiger partial charge on any atom is 0.224 e. The molecule has 2 N–H and O–H groups in total. The van der Waals surface area contributed by atoms with E-state index in [4.69, 9.17) is 10.4 Å². The summed E-state index contributed by atoms with van der Waals surface area (Å²) in [7, 11) is 0. The van der Waals surface area contributed by atoms with Crippen LogP contribution in [0.5, 0.6) is 0 Å². The van der Waals surface area contributed by atoms with E-state index in [2.05, 4.69) is 5.32 Å². The number of nitrogens with one attached hydrogen (secondary N) is 1. The number of benzene rings is 1.